The van der Waals surface area contributed by atoms with Crippen LogP contribution in [0.1, 0.15) is 27.0 Å². The van der Waals surface area contributed by atoms with Crippen molar-refractivity contribution in [2.75, 3.05) is 11.1 Å². The topological polar surface area (TPSA) is 95.6 Å². The standard InChI is InChI=1S/C16H18N2O3/c1-10-6-13(7-14(15(10)17)16(20)21)18-8-11-2-4-12(9-19)5-3-11/h2-7,18-19H,8-9,17H2,1H3,(H,20,21). The number of anilines is 2. The second-order valence-corrected chi connectivity index (χ2v) is 4.89. The van der Waals surface area contributed by atoms with Gasteiger partial charge >= 0.3 is 5.97 Å². The summed E-state index contributed by atoms with van der Waals surface area (Å²) in [4.78, 5) is 11.1. The zero-order valence-electron chi connectivity index (χ0n) is 11.8. The van der Waals surface area contributed by atoms with Gasteiger partial charge in [0.25, 0.3) is 0 Å². The average Bonchev–Trinajstić information content (AvgIpc) is 2.48. The fraction of sp³-hybridized carbons (Fsp3) is 0.188. The number of nitrogen functional groups attached to an aromatic ring is 1. The molecule has 0 amide bonds. The van der Waals surface area contributed by atoms with Crippen LogP contribution in [0.25, 0.3) is 0 Å². The lowest BCUT2D eigenvalue weighted by Gasteiger charge is -2.11. The van der Waals surface area contributed by atoms with Crippen LogP contribution >= 0.6 is 0 Å². The summed E-state index contributed by atoms with van der Waals surface area (Å²) < 4.78 is 0. The summed E-state index contributed by atoms with van der Waals surface area (Å²) in [7, 11) is 0. The second kappa shape index (κ2) is 6.28. The van der Waals surface area contributed by atoms with Crippen LogP contribution < -0.4 is 11.1 Å². The number of rotatable bonds is 5. The molecule has 2 aromatic rings. The Bertz CT molecular complexity index is 651. The van der Waals surface area contributed by atoms with Crippen LogP contribution in [0.2, 0.25) is 0 Å². The Balaban J connectivity index is 2.14. The van der Waals surface area contributed by atoms with Gasteiger partial charge in [-0.2, -0.15) is 0 Å². The summed E-state index contributed by atoms with van der Waals surface area (Å²) in [5.74, 6) is -1.04. The van der Waals surface area contributed by atoms with Crippen LogP contribution in [0, 0.1) is 6.92 Å². The molecule has 0 aromatic heterocycles. The third-order valence-electron chi connectivity index (χ3n) is 3.32. The lowest BCUT2D eigenvalue weighted by atomic mass is 10.1. The van der Waals surface area contributed by atoms with Gasteiger partial charge in [-0.05, 0) is 35.7 Å². The van der Waals surface area contributed by atoms with E-state index in [9.17, 15) is 4.79 Å². The number of hydrogen-bond donors (Lipinski definition) is 4. The van der Waals surface area contributed by atoms with E-state index in [1.807, 2.05) is 30.3 Å². The highest BCUT2D eigenvalue weighted by Gasteiger charge is 2.11. The fourth-order valence-electron chi connectivity index (χ4n) is 2.04. The zero-order valence-corrected chi connectivity index (χ0v) is 11.8. The summed E-state index contributed by atoms with van der Waals surface area (Å²) in [6, 6.07) is 10.9. The number of carboxylic acids is 1. The van der Waals surface area contributed by atoms with Crippen LogP contribution in [-0.4, -0.2) is 16.2 Å². The van der Waals surface area contributed by atoms with Crippen molar-refractivity contribution in [2.24, 2.45) is 0 Å². The molecular weight excluding hydrogens is 268 g/mol. The molecule has 21 heavy (non-hydrogen) atoms. The van der Waals surface area contributed by atoms with Crippen LogP contribution in [0.15, 0.2) is 36.4 Å². The Morgan fingerprint density at radius 1 is 1.19 bits per heavy atom. The van der Waals surface area contributed by atoms with Crippen molar-refractivity contribution in [3.05, 3.63) is 58.7 Å². The van der Waals surface area contributed by atoms with Gasteiger partial charge in [0.2, 0.25) is 0 Å². The summed E-state index contributed by atoms with van der Waals surface area (Å²) in [5, 5.41) is 21.3. The molecule has 0 heterocycles. The van der Waals surface area contributed by atoms with E-state index in [0.29, 0.717) is 17.9 Å². The lowest BCUT2D eigenvalue weighted by Crippen LogP contribution is -2.07. The molecule has 0 saturated heterocycles. The molecule has 0 aliphatic carbocycles. The molecule has 0 atom stereocenters. The molecule has 110 valence electrons. The van der Waals surface area contributed by atoms with Gasteiger partial charge in [0.05, 0.1) is 12.2 Å². The fourth-order valence-corrected chi connectivity index (χ4v) is 2.04. The van der Waals surface area contributed by atoms with Crippen LogP contribution in [0.3, 0.4) is 0 Å². The van der Waals surface area contributed by atoms with Gasteiger partial charge in [0, 0.05) is 17.9 Å². The Morgan fingerprint density at radius 2 is 1.81 bits per heavy atom. The number of aliphatic hydroxyl groups is 1. The smallest absolute Gasteiger partial charge is 0.337 e. The minimum Gasteiger partial charge on any atom is -0.478 e. The van der Waals surface area contributed by atoms with Crippen molar-refractivity contribution in [3.8, 4) is 0 Å². The number of carbonyl (C=O) groups is 1. The highest BCUT2D eigenvalue weighted by atomic mass is 16.4. The molecule has 5 nitrogen and oxygen atoms in total. The van der Waals surface area contributed by atoms with E-state index in [-0.39, 0.29) is 12.2 Å². The number of hydrogen-bond acceptors (Lipinski definition) is 4. The predicted molar refractivity (Wildman–Crippen MR) is 82.2 cm³/mol. The second-order valence-electron chi connectivity index (χ2n) is 4.89. The molecule has 0 saturated carbocycles. The van der Waals surface area contributed by atoms with Crippen molar-refractivity contribution in [2.45, 2.75) is 20.1 Å². The number of nitrogens with two attached hydrogens (primary N) is 1. The Morgan fingerprint density at radius 3 is 2.38 bits per heavy atom. The first-order chi connectivity index (χ1) is 10.0. The Kier molecular flexibility index (Phi) is 4.45. The summed E-state index contributed by atoms with van der Waals surface area (Å²) >= 11 is 0. The van der Waals surface area contributed by atoms with E-state index >= 15 is 0 Å². The van der Waals surface area contributed by atoms with Gasteiger partial charge in [0.15, 0.2) is 0 Å². The quantitative estimate of drug-likeness (QED) is 0.633. The number of aryl methyl sites for hydroxylation is 1. The van der Waals surface area contributed by atoms with Crippen LogP contribution in [-0.2, 0) is 13.2 Å². The SMILES string of the molecule is Cc1cc(NCc2ccc(CO)cc2)cc(C(=O)O)c1N. The van der Waals surface area contributed by atoms with Gasteiger partial charge in [-0.25, -0.2) is 4.79 Å². The van der Waals surface area contributed by atoms with E-state index in [2.05, 4.69) is 5.32 Å². The Hall–Kier alpha value is -2.53. The molecule has 0 radical (unpaired) electrons. The average molecular weight is 286 g/mol. The molecule has 0 spiro atoms. The van der Waals surface area contributed by atoms with E-state index in [4.69, 9.17) is 15.9 Å². The number of aromatic carboxylic acids is 1. The maximum atomic E-state index is 11.1. The molecule has 0 fully saturated rings. The minimum absolute atomic E-state index is 0.0207. The number of nitrogens with one attached hydrogen (secondary N) is 1. The highest BCUT2D eigenvalue weighted by molar-refractivity contribution is 5.95. The number of benzene rings is 2. The van der Waals surface area contributed by atoms with Crippen LogP contribution in [0.4, 0.5) is 11.4 Å². The molecule has 0 aliphatic rings. The van der Waals surface area contributed by atoms with Crippen molar-refractivity contribution in [1.29, 1.82) is 0 Å². The van der Waals surface area contributed by atoms with E-state index in [0.717, 1.165) is 16.7 Å². The summed E-state index contributed by atoms with van der Waals surface area (Å²) in [6.45, 7) is 2.37. The van der Waals surface area contributed by atoms with Gasteiger partial charge in [-0.1, -0.05) is 24.3 Å². The molecule has 2 aromatic carbocycles. The first-order valence-electron chi connectivity index (χ1n) is 6.57. The third kappa shape index (κ3) is 3.52. The summed E-state index contributed by atoms with van der Waals surface area (Å²) in [6.07, 6.45) is 0. The van der Waals surface area contributed by atoms with Gasteiger partial charge in [-0.3, -0.25) is 0 Å². The normalized spacial score (nSPS) is 10.4. The number of aliphatic hydroxyl groups excluding tert-OH is 1. The first kappa shape index (κ1) is 14.9. The molecule has 2 rings (SSSR count). The maximum absolute atomic E-state index is 11.1. The van der Waals surface area contributed by atoms with E-state index < -0.39 is 5.97 Å². The number of carboxylic acid groups (broad SMARTS) is 1. The monoisotopic (exact) mass is 286 g/mol. The van der Waals surface area contributed by atoms with Gasteiger partial charge in [0.1, 0.15) is 0 Å². The molecule has 0 unspecified atom stereocenters. The van der Waals surface area contributed by atoms with Crippen molar-refractivity contribution >= 4 is 17.3 Å². The van der Waals surface area contributed by atoms with E-state index in [1.165, 1.54) is 6.07 Å². The minimum atomic E-state index is -1.04. The molecular formula is C16H18N2O3. The maximum Gasteiger partial charge on any atom is 0.337 e. The van der Waals surface area contributed by atoms with E-state index in [1.54, 1.807) is 6.92 Å². The largest absolute Gasteiger partial charge is 0.478 e. The third-order valence-corrected chi connectivity index (χ3v) is 3.32. The predicted octanol–water partition coefficient (Wildman–Crippen LogP) is 2.38. The summed E-state index contributed by atoms with van der Waals surface area (Å²) in [5.41, 5.74) is 9.50. The van der Waals surface area contributed by atoms with Gasteiger partial charge < -0.3 is 21.3 Å². The highest BCUT2D eigenvalue weighted by Crippen LogP contribution is 2.23. The van der Waals surface area contributed by atoms with Gasteiger partial charge in [-0.15, -0.1) is 0 Å². The molecule has 5 N–H and O–H groups in total. The first-order valence-corrected chi connectivity index (χ1v) is 6.57. The van der Waals surface area contributed by atoms with Crippen molar-refractivity contribution in [3.63, 3.8) is 0 Å². The van der Waals surface area contributed by atoms with Crippen molar-refractivity contribution < 1.29 is 15.0 Å². The molecule has 0 aliphatic heterocycles. The molecule has 5 heteroatoms. The molecule has 0 bridgehead atoms. The lowest BCUT2D eigenvalue weighted by molar-refractivity contribution is 0.0698. The van der Waals surface area contributed by atoms with Crippen molar-refractivity contribution in [1.82, 2.24) is 0 Å². The van der Waals surface area contributed by atoms with Crippen LogP contribution in [0.5, 0.6) is 0 Å². The Labute approximate surface area is 123 Å². The zero-order chi connectivity index (χ0) is 15.4.